The van der Waals surface area contributed by atoms with Gasteiger partial charge in [0.1, 0.15) is 5.82 Å². The first-order valence-electron chi connectivity index (χ1n) is 4.27. The highest BCUT2D eigenvalue weighted by atomic mass is 32.2. The maximum atomic E-state index is 11.0. The van der Waals surface area contributed by atoms with Crippen LogP contribution in [0.25, 0.3) is 0 Å². The lowest BCUT2D eigenvalue weighted by Gasteiger charge is -2.16. The summed E-state index contributed by atoms with van der Waals surface area (Å²) in [6, 6.07) is 1.11. The van der Waals surface area contributed by atoms with Gasteiger partial charge in [0.25, 0.3) is 5.56 Å². The van der Waals surface area contributed by atoms with Crippen LogP contribution in [-0.2, 0) is 4.79 Å². The van der Waals surface area contributed by atoms with Gasteiger partial charge in [-0.2, -0.15) is 0 Å². The summed E-state index contributed by atoms with van der Waals surface area (Å²) in [5.74, 6) is -1.44. The number of anilines is 1. The molecule has 0 amide bonds. The Kier molecular flexibility index (Phi) is 3.55. The largest absolute Gasteiger partial charge is 0.479 e. The molecule has 1 unspecified atom stereocenters. The van der Waals surface area contributed by atoms with Crippen molar-refractivity contribution < 1.29 is 15.0 Å². The predicted molar refractivity (Wildman–Crippen MR) is 58.3 cm³/mol. The molecule has 16 heavy (non-hydrogen) atoms. The summed E-state index contributed by atoms with van der Waals surface area (Å²) >= 11 is 0.907. The molecule has 1 rings (SSSR count). The minimum atomic E-state index is -1.88. The molecule has 88 valence electrons. The van der Waals surface area contributed by atoms with E-state index in [0.29, 0.717) is 0 Å². The Balaban J connectivity index is 2.75. The van der Waals surface area contributed by atoms with E-state index < -0.39 is 17.1 Å². The van der Waals surface area contributed by atoms with E-state index in [1.165, 1.54) is 0 Å². The van der Waals surface area contributed by atoms with E-state index in [2.05, 4.69) is 9.97 Å². The molecule has 1 heterocycles. The molecule has 0 aliphatic carbocycles. The molecule has 0 aliphatic rings. The summed E-state index contributed by atoms with van der Waals surface area (Å²) in [5.41, 5.74) is 3.03. The van der Waals surface area contributed by atoms with Crippen LogP contribution >= 0.6 is 11.8 Å². The average Bonchev–Trinajstić information content (AvgIpc) is 2.13. The summed E-state index contributed by atoms with van der Waals surface area (Å²) in [4.78, 5) is 27.7. The minimum Gasteiger partial charge on any atom is -0.479 e. The topological polar surface area (TPSA) is 129 Å². The number of aliphatic hydroxyl groups is 1. The second-order valence-electron chi connectivity index (χ2n) is 3.34. The van der Waals surface area contributed by atoms with Gasteiger partial charge in [-0.15, -0.1) is 0 Å². The van der Waals surface area contributed by atoms with Gasteiger partial charge >= 0.3 is 5.97 Å². The van der Waals surface area contributed by atoms with Gasteiger partial charge in [0.15, 0.2) is 10.8 Å². The molecule has 0 radical (unpaired) electrons. The number of nitrogen functional groups attached to an aromatic ring is 1. The van der Waals surface area contributed by atoms with Crippen molar-refractivity contribution in [2.45, 2.75) is 17.7 Å². The average molecular weight is 245 g/mol. The van der Waals surface area contributed by atoms with E-state index in [9.17, 15) is 14.7 Å². The number of hydrogen-bond acceptors (Lipinski definition) is 6. The minimum absolute atomic E-state index is 0.0428. The molecule has 0 spiro atoms. The van der Waals surface area contributed by atoms with Crippen molar-refractivity contribution >= 4 is 23.5 Å². The molecule has 1 aromatic heterocycles. The van der Waals surface area contributed by atoms with Crippen molar-refractivity contribution in [2.24, 2.45) is 0 Å². The van der Waals surface area contributed by atoms with Crippen molar-refractivity contribution in [2.75, 3.05) is 11.5 Å². The second-order valence-corrected chi connectivity index (χ2v) is 4.31. The van der Waals surface area contributed by atoms with Crippen LogP contribution in [0.2, 0.25) is 0 Å². The third-order valence-corrected chi connectivity index (χ3v) is 2.86. The third kappa shape index (κ3) is 3.24. The highest BCUT2D eigenvalue weighted by Gasteiger charge is 2.30. The second kappa shape index (κ2) is 4.54. The number of nitrogens with one attached hydrogen (secondary N) is 1. The lowest BCUT2D eigenvalue weighted by atomic mass is 10.1. The van der Waals surface area contributed by atoms with E-state index in [4.69, 9.17) is 10.8 Å². The fraction of sp³-hybridized carbons (Fsp3) is 0.375. The Labute approximate surface area is 94.7 Å². The van der Waals surface area contributed by atoms with Crippen LogP contribution in [0.5, 0.6) is 0 Å². The number of aliphatic carboxylic acids is 1. The van der Waals surface area contributed by atoms with Crippen LogP contribution in [-0.4, -0.2) is 37.5 Å². The van der Waals surface area contributed by atoms with Gasteiger partial charge in [0, 0.05) is 11.8 Å². The lowest BCUT2D eigenvalue weighted by Crippen LogP contribution is -2.37. The van der Waals surface area contributed by atoms with Gasteiger partial charge in [-0.05, 0) is 6.92 Å². The normalized spacial score (nSPS) is 14.4. The Bertz CT molecular complexity index is 457. The van der Waals surface area contributed by atoms with Gasteiger partial charge < -0.3 is 20.9 Å². The molecule has 0 aromatic carbocycles. The Morgan fingerprint density at radius 1 is 1.75 bits per heavy atom. The standard InChI is InChI=1S/C8H11N3O4S/c1-8(15,6(13)14)3-16-7-10-4(9)2-5(12)11-7/h2,15H,3H2,1H3,(H,13,14)(H3,9,10,11,12). The van der Waals surface area contributed by atoms with Crippen LogP contribution < -0.4 is 11.3 Å². The molecule has 0 saturated carbocycles. The Morgan fingerprint density at radius 2 is 2.38 bits per heavy atom. The van der Waals surface area contributed by atoms with Gasteiger partial charge in [-0.1, -0.05) is 11.8 Å². The van der Waals surface area contributed by atoms with E-state index in [1.54, 1.807) is 0 Å². The van der Waals surface area contributed by atoms with Gasteiger partial charge in [0.2, 0.25) is 0 Å². The molecule has 8 heteroatoms. The number of aromatic nitrogens is 2. The molecule has 0 fully saturated rings. The monoisotopic (exact) mass is 245 g/mol. The Morgan fingerprint density at radius 3 is 2.88 bits per heavy atom. The summed E-state index contributed by atoms with van der Waals surface area (Å²) in [6.45, 7) is 1.16. The van der Waals surface area contributed by atoms with E-state index in [0.717, 1.165) is 24.8 Å². The first kappa shape index (κ1) is 12.5. The van der Waals surface area contributed by atoms with E-state index in [-0.39, 0.29) is 16.7 Å². The summed E-state index contributed by atoms with van der Waals surface area (Å²) in [6.07, 6.45) is 0. The smallest absolute Gasteiger partial charge is 0.336 e. The Hall–Kier alpha value is -1.54. The number of H-pyrrole nitrogens is 1. The van der Waals surface area contributed by atoms with Crippen molar-refractivity contribution in [1.82, 2.24) is 9.97 Å². The summed E-state index contributed by atoms with van der Waals surface area (Å²) in [5, 5.41) is 18.2. The number of thioether (sulfide) groups is 1. The van der Waals surface area contributed by atoms with Crippen LogP contribution in [0.4, 0.5) is 5.82 Å². The fourth-order valence-electron chi connectivity index (χ4n) is 0.792. The highest BCUT2D eigenvalue weighted by molar-refractivity contribution is 7.99. The molecular weight excluding hydrogens is 234 g/mol. The third-order valence-electron chi connectivity index (χ3n) is 1.69. The van der Waals surface area contributed by atoms with Crippen molar-refractivity contribution in [3.8, 4) is 0 Å². The molecule has 7 nitrogen and oxygen atoms in total. The quantitative estimate of drug-likeness (QED) is 0.407. The van der Waals surface area contributed by atoms with Gasteiger partial charge in [-0.25, -0.2) is 9.78 Å². The zero-order valence-corrected chi connectivity index (χ0v) is 9.24. The molecule has 5 N–H and O–H groups in total. The van der Waals surface area contributed by atoms with Crippen LogP contribution in [0, 0.1) is 0 Å². The highest BCUT2D eigenvalue weighted by Crippen LogP contribution is 2.19. The molecule has 0 bridgehead atoms. The van der Waals surface area contributed by atoms with Crippen molar-refractivity contribution in [3.63, 3.8) is 0 Å². The number of carboxylic acid groups (broad SMARTS) is 1. The van der Waals surface area contributed by atoms with E-state index >= 15 is 0 Å². The number of nitrogens with zero attached hydrogens (tertiary/aromatic N) is 1. The van der Waals surface area contributed by atoms with E-state index in [1.807, 2.05) is 0 Å². The number of aromatic amines is 1. The number of nitrogens with two attached hydrogens (primary N) is 1. The zero-order chi connectivity index (χ0) is 12.3. The number of hydrogen-bond donors (Lipinski definition) is 4. The molecular formula is C8H11N3O4S. The molecule has 0 aliphatic heterocycles. The van der Waals surface area contributed by atoms with Crippen molar-refractivity contribution in [3.05, 3.63) is 16.4 Å². The predicted octanol–water partition coefficient (Wildman–Crippen LogP) is -0.720. The van der Waals surface area contributed by atoms with Gasteiger partial charge in [-0.3, -0.25) is 4.79 Å². The summed E-state index contributed by atoms with van der Waals surface area (Å²) < 4.78 is 0. The van der Waals surface area contributed by atoms with Gasteiger partial charge in [0.05, 0.1) is 0 Å². The van der Waals surface area contributed by atoms with Crippen LogP contribution in [0.3, 0.4) is 0 Å². The first-order chi connectivity index (χ1) is 7.31. The lowest BCUT2D eigenvalue weighted by molar-refractivity contribution is -0.154. The van der Waals surface area contributed by atoms with Crippen LogP contribution in [0.1, 0.15) is 6.92 Å². The first-order valence-corrected chi connectivity index (χ1v) is 5.25. The van der Waals surface area contributed by atoms with Crippen molar-refractivity contribution in [1.29, 1.82) is 0 Å². The molecule has 1 atom stereocenters. The molecule has 1 aromatic rings. The maximum absolute atomic E-state index is 11.0. The molecule has 0 saturated heterocycles. The zero-order valence-electron chi connectivity index (χ0n) is 8.43. The number of carboxylic acids is 1. The maximum Gasteiger partial charge on any atom is 0.336 e. The summed E-state index contributed by atoms with van der Waals surface area (Å²) in [7, 11) is 0. The SMILES string of the molecule is CC(O)(CSc1nc(N)cc(=O)[nH]1)C(=O)O. The fourth-order valence-corrected chi connectivity index (χ4v) is 1.68. The number of carbonyl (C=O) groups is 1. The number of rotatable bonds is 4. The van der Waals surface area contributed by atoms with Crippen LogP contribution in [0.15, 0.2) is 16.0 Å².